The molecule has 1 unspecified atom stereocenters. The Labute approximate surface area is 239 Å². The van der Waals surface area contributed by atoms with Crippen molar-refractivity contribution in [3.63, 3.8) is 0 Å². The van der Waals surface area contributed by atoms with Gasteiger partial charge in [-0.1, -0.05) is 36.4 Å². The number of benzene rings is 2. The Hall–Kier alpha value is -3.95. The lowest BCUT2D eigenvalue weighted by molar-refractivity contribution is -0.198. The van der Waals surface area contributed by atoms with Gasteiger partial charge >= 0.3 is 12.1 Å². The van der Waals surface area contributed by atoms with Gasteiger partial charge in [0.05, 0.1) is 4.90 Å². The van der Waals surface area contributed by atoms with Crippen molar-refractivity contribution < 1.29 is 36.2 Å². The Bertz CT molecular complexity index is 1560. The highest BCUT2D eigenvalue weighted by Gasteiger charge is 2.45. The summed E-state index contributed by atoms with van der Waals surface area (Å²) in [5, 5.41) is 17.5. The predicted octanol–water partition coefficient (Wildman–Crippen LogP) is 3.09. The second kappa shape index (κ2) is 11.0. The molecule has 2 fully saturated rings. The number of anilines is 2. The molecule has 2 aliphatic rings. The second-order valence-corrected chi connectivity index (χ2v) is 12.2. The van der Waals surface area contributed by atoms with Gasteiger partial charge in [0.1, 0.15) is 11.9 Å². The molecule has 0 radical (unpaired) electrons. The third-order valence-electron chi connectivity index (χ3n) is 7.78. The quantitative estimate of drug-likeness (QED) is 0.313. The molecule has 42 heavy (non-hydrogen) atoms. The van der Waals surface area contributed by atoms with Gasteiger partial charge in [-0.3, -0.25) is 4.79 Å². The number of nitrogen functional groups attached to an aromatic ring is 1. The van der Waals surface area contributed by atoms with E-state index in [1.165, 1.54) is 54.6 Å². The smallest absolute Gasteiger partial charge is 0.429 e. The minimum Gasteiger partial charge on any atom is -0.480 e. The number of nitrogens with two attached hydrogens (primary N) is 2. The van der Waals surface area contributed by atoms with E-state index >= 15 is 0 Å². The molecule has 224 valence electrons. The van der Waals surface area contributed by atoms with E-state index < -0.39 is 34.3 Å². The number of ether oxygens (including phenoxy) is 1. The number of nitrogens with zero attached hydrogens (tertiary/aromatic N) is 3. The third kappa shape index (κ3) is 6.42. The van der Waals surface area contributed by atoms with Gasteiger partial charge in [-0.2, -0.15) is 23.1 Å². The molecule has 1 spiro atoms. The van der Waals surface area contributed by atoms with Gasteiger partial charge in [0.2, 0.25) is 28.0 Å². The molecule has 3 aromatic rings. The summed E-state index contributed by atoms with van der Waals surface area (Å²) in [6.07, 6.45) is -5.24. The Balaban J connectivity index is 1.32. The largest absolute Gasteiger partial charge is 0.480 e. The molecule has 2 saturated heterocycles. The molecule has 1 aromatic heterocycles. The SMILES string of the molecule is Nc1nc(O[C@H](c2ccc(-c3ccc(S(N)(=O)=O)cc3)cc2)C(F)(F)F)cc(N2CCC3(CC2)CNC(C(=O)O)C3)n1. The molecular weight excluding hydrogens is 577 g/mol. The van der Waals surface area contributed by atoms with E-state index in [4.69, 9.17) is 15.6 Å². The second-order valence-electron chi connectivity index (χ2n) is 10.6. The number of nitrogens with one attached hydrogen (secondary N) is 1. The fraction of sp³-hybridized carbons (Fsp3) is 0.370. The van der Waals surface area contributed by atoms with E-state index in [2.05, 4.69) is 15.3 Å². The average Bonchev–Trinajstić information content (AvgIpc) is 3.35. The maximum atomic E-state index is 14.2. The number of aliphatic carboxylic acids is 1. The van der Waals surface area contributed by atoms with Crippen molar-refractivity contribution in [3.05, 3.63) is 60.2 Å². The number of halogens is 3. The number of sulfonamides is 1. The molecule has 0 saturated carbocycles. The number of carboxylic acid groups (broad SMARTS) is 1. The molecule has 6 N–H and O–H groups in total. The van der Waals surface area contributed by atoms with Gasteiger partial charge in [-0.15, -0.1) is 0 Å². The highest BCUT2D eigenvalue weighted by molar-refractivity contribution is 7.89. The summed E-state index contributed by atoms with van der Waals surface area (Å²) >= 11 is 0. The molecule has 5 rings (SSSR count). The molecule has 3 heterocycles. The van der Waals surface area contributed by atoms with Crippen LogP contribution in [0.1, 0.15) is 30.9 Å². The van der Waals surface area contributed by atoms with Crippen LogP contribution in [0.3, 0.4) is 0 Å². The van der Waals surface area contributed by atoms with Crippen molar-refractivity contribution in [2.24, 2.45) is 10.6 Å². The summed E-state index contributed by atoms with van der Waals surface area (Å²) < 4.78 is 70.8. The zero-order chi connectivity index (χ0) is 30.3. The lowest BCUT2D eigenvalue weighted by Crippen LogP contribution is -2.41. The summed E-state index contributed by atoms with van der Waals surface area (Å²) in [6, 6.07) is 11.9. The van der Waals surface area contributed by atoms with Gasteiger partial charge in [0, 0.05) is 31.3 Å². The van der Waals surface area contributed by atoms with Crippen molar-refractivity contribution in [2.45, 2.75) is 42.5 Å². The number of alkyl halides is 3. The molecular formula is C27H29F3N6O5S. The Morgan fingerprint density at radius 1 is 1.07 bits per heavy atom. The molecule has 2 atom stereocenters. The number of carbonyl (C=O) groups is 1. The number of hydrogen-bond acceptors (Lipinski definition) is 9. The Kier molecular flexibility index (Phi) is 7.76. The zero-order valence-corrected chi connectivity index (χ0v) is 23.0. The fourth-order valence-electron chi connectivity index (χ4n) is 5.47. The molecule has 0 bridgehead atoms. The van der Waals surface area contributed by atoms with E-state index in [9.17, 15) is 31.5 Å². The topological polar surface area (TPSA) is 174 Å². The Morgan fingerprint density at radius 3 is 2.19 bits per heavy atom. The number of aromatic nitrogens is 2. The third-order valence-corrected chi connectivity index (χ3v) is 8.71. The zero-order valence-electron chi connectivity index (χ0n) is 22.2. The van der Waals surface area contributed by atoms with E-state index in [0.29, 0.717) is 55.8 Å². The van der Waals surface area contributed by atoms with E-state index in [-0.39, 0.29) is 27.7 Å². The normalized spacial score (nSPS) is 19.5. The van der Waals surface area contributed by atoms with Gasteiger partial charge in [-0.25, -0.2) is 13.6 Å². The van der Waals surface area contributed by atoms with E-state index in [1.807, 2.05) is 4.90 Å². The van der Waals surface area contributed by atoms with Crippen LogP contribution in [0.5, 0.6) is 5.88 Å². The maximum Gasteiger partial charge on any atom is 0.429 e. The van der Waals surface area contributed by atoms with Crippen LogP contribution in [0.15, 0.2) is 59.5 Å². The molecule has 11 nitrogen and oxygen atoms in total. The van der Waals surface area contributed by atoms with Crippen molar-refractivity contribution in [1.82, 2.24) is 15.3 Å². The Morgan fingerprint density at radius 2 is 1.67 bits per heavy atom. The first-order valence-electron chi connectivity index (χ1n) is 13.0. The van der Waals surface area contributed by atoms with Crippen LogP contribution >= 0.6 is 0 Å². The first-order valence-corrected chi connectivity index (χ1v) is 14.6. The first kappa shape index (κ1) is 29.5. The van der Waals surface area contributed by atoms with Crippen LogP contribution in [-0.2, 0) is 14.8 Å². The summed E-state index contributed by atoms with van der Waals surface area (Å²) in [4.78, 5) is 21.2. The van der Waals surface area contributed by atoms with Gasteiger partial charge in [0.15, 0.2) is 0 Å². The average molecular weight is 607 g/mol. The number of carboxylic acids is 1. The minimum absolute atomic E-state index is 0.0803. The maximum absolute atomic E-state index is 14.2. The van der Waals surface area contributed by atoms with Gasteiger partial charge in [0.25, 0.3) is 0 Å². The van der Waals surface area contributed by atoms with Crippen molar-refractivity contribution >= 4 is 27.8 Å². The molecule has 2 aromatic carbocycles. The lowest BCUT2D eigenvalue weighted by atomic mass is 9.76. The standard InChI is InChI=1S/C27H29F3N6O5S/c28-27(29,30)23(18-3-1-16(2-4-18)17-5-7-19(8-6-17)42(32,39)40)41-22-13-21(34-25(31)35-22)36-11-9-26(10-12-36)14-20(24(37)38)33-15-26/h1-8,13,20,23,33H,9-12,14-15H2,(H,37,38)(H2,31,34,35)(H2,32,39,40)/t20?,23-/m1/s1. The van der Waals surface area contributed by atoms with Gasteiger partial charge < -0.3 is 25.8 Å². The predicted molar refractivity (Wildman–Crippen MR) is 147 cm³/mol. The number of piperidine rings is 1. The summed E-state index contributed by atoms with van der Waals surface area (Å²) in [5.74, 6) is -1.13. The summed E-state index contributed by atoms with van der Waals surface area (Å²) in [5.41, 5.74) is 6.66. The fourth-order valence-corrected chi connectivity index (χ4v) is 5.98. The highest BCUT2D eigenvalue weighted by atomic mass is 32.2. The number of rotatable bonds is 7. The van der Waals surface area contributed by atoms with Crippen LogP contribution in [0.2, 0.25) is 0 Å². The van der Waals surface area contributed by atoms with Gasteiger partial charge in [-0.05, 0) is 47.9 Å². The van der Waals surface area contributed by atoms with E-state index in [0.717, 1.165) is 0 Å². The highest BCUT2D eigenvalue weighted by Crippen LogP contribution is 2.41. The van der Waals surface area contributed by atoms with Crippen molar-refractivity contribution in [3.8, 4) is 17.0 Å². The molecule has 2 aliphatic heterocycles. The van der Waals surface area contributed by atoms with Crippen LogP contribution in [0, 0.1) is 5.41 Å². The molecule has 15 heteroatoms. The number of hydrogen-bond donors (Lipinski definition) is 4. The van der Waals surface area contributed by atoms with Crippen LogP contribution < -0.4 is 25.8 Å². The monoisotopic (exact) mass is 606 g/mol. The summed E-state index contributed by atoms with van der Waals surface area (Å²) in [7, 11) is -3.88. The van der Waals surface area contributed by atoms with E-state index in [1.54, 1.807) is 0 Å². The van der Waals surface area contributed by atoms with Crippen LogP contribution in [-0.4, -0.2) is 61.3 Å². The van der Waals surface area contributed by atoms with Crippen LogP contribution in [0.4, 0.5) is 24.9 Å². The van der Waals surface area contributed by atoms with Crippen LogP contribution in [0.25, 0.3) is 11.1 Å². The lowest BCUT2D eigenvalue weighted by Gasteiger charge is -2.39. The number of primary sulfonamides is 1. The van der Waals surface area contributed by atoms with Crippen molar-refractivity contribution in [2.75, 3.05) is 30.3 Å². The summed E-state index contributed by atoms with van der Waals surface area (Å²) in [6.45, 7) is 1.63. The first-order chi connectivity index (χ1) is 19.7. The minimum atomic E-state index is -4.79. The van der Waals surface area contributed by atoms with Crippen molar-refractivity contribution in [1.29, 1.82) is 0 Å². The molecule has 0 aliphatic carbocycles. The molecule has 0 amide bonds.